The van der Waals surface area contributed by atoms with Gasteiger partial charge in [0.2, 0.25) is 0 Å². The lowest BCUT2D eigenvalue weighted by molar-refractivity contribution is 0.0993. The number of rotatable bonds is 3. The average Bonchev–Trinajstić information content (AvgIpc) is 2.94. The number of hydrogen-bond donors (Lipinski definition) is 1. The molecule has 5 nitrogen and oxygen atoms in total. The topological polar surface area (TPSA) is 73.8 Å². The highest BCUT2D eigenvalue weighted by molar-refractivity contribution is 6.32. The molecule has 0 bridgehead atoms. The normalized spacial score (nSPS) is 10.5. The van der Waals surface area contributed by atoms with E-state index in [1.165, 1.54) is 4.68 Å². The van der Waals surface area contributed by atoms with Crippen molar-refractivity contribution >= 4 is 17.5 Å². The van der Waals surface area contributed by atoms with Gasteiger partial charge in [0.05, 0.1) is 10.7 Å². The molecule has 0 aliphatic rings. The van der Waals surface area contributed by atoms with Crippen LogP contribution in [0.25, 0.3) is 17.1 Å². The predicted molar refractivity (Wildman–Crippen MR) is 80.3 cm³/mol. The van der Waals surface area contributed by atoms with Crippen molar-refractivity contribution in [2.75, 3.05) is 0 Å². The first kappa shape index (κ1) is 13.3. The Kier molecular flexibility index (Phi) is 3.41. The summed E-state index contributed by atoms with van der Waals surface area (Å²) >= 11 is 6.12. The maximum absolute atomic E-state index is 11.6. The van der Waals surface area contributed by atoms with Crippen molar-refractivity contribution in [3.05, 3.63) is 65.4 Å². The standard InChI is InChI=1S/C15H11ClN4O/c16-11-7-4-8-18-15(11)20-13(14(17)21)9-12(19-20)10-5-2-1-3-6-10/h1-9H,(H2,17,21). The maximum atomic E-state index is 11.6. The summed E-state index contributed by atoms with van der Waals surface area (Å²) in [6.45, 7) is 0. The van der Waals surface area contributed by atoms with Crippen molar-refractivity contribution in [3.63, 3.8) is 0 Å². The van der Waals surface area contributed by atoms with E-state index in [9.17, 15) is 4.79 Å². The third-order valence-corrected chi connectivity index (χ3v) is 3.27. The Morgan fingerprint density at radius 1 is 1.14 bits per heavy atom. The van der Waals surface area contributed by atoms with Gasteiger partial charge in [0, 0.05) is 11.8 Å². The van der Waals surface area contributed by atoms with Crippen molar-refractivity contribution in [1.29, 1.82) is 0 Å². The summed E-state index contributed by atoms with van der Waals surface area (Å²) in [5.41, 5.74) is 7.16. The lowest BCUT2D eigenvalue weighted by Gasteiger charge is -2.05. The second-order valence-corrected chi connectivity index (χ2v) is 4.77. The first-order chi connectivity index (χ1) is 10.2. The third kappa shape index (κ3) is 2.51. The molecule has 0 fully saturated rings. The van der Waals surface area contributed by atoms with Crippen LogP contribution in [0.15, 0.2) is 54.7 Å². The Morgan fingerprint density at radius 2 is 1.90 bits per heavy atom. The number of halogens is 1. The molecule has 0 spiro atoms. The van der Waals surface area contributed by atoms with Crippen LogP contribution in [0.4, 0.5) is 0 Å². The monoisotopic (exact) mass is 298 g/mol. The van der Waals surface area contributed by atoms with Crippen LogP contribution in [0.2, 0.25) is 5.02 Å². The molecule has 2 aromatic heterocycles. The summed E-state index contributed by atoms with van der Waals surface area (Å²) in [6.07, 6.45) is 1.58. The number of nitrogens with two attached hydrogens (primary N) is 1. The molecule has 6 heteroatoms. The van der Waals surface area contributed by atoms with Crippen LogP contribution in [0.5, 0.6) is 0 Å². The zero-order valence-corrected chi connectivity index (χ0v) is 11.7. The number of hydrogen-bond acceptors (Lipinski definition) is 3. The largest absolute Gasteiger partial charge is 0.364 e. The number of carbonyl (C=O) groups is 1. The van der Waals surface area contributed by atoms with E-state index >= 15 is 0 Å². The van der Waals surface area contributed by atoms with E-state index in [0.29, 0.717) is 16.5 Å². The zero-order chi connectivity index (χ0) is 14.8. The average molecular weight is 299 g/mol. The molecule has 1 aromatic carbocycles. The number of primary amides is 1. The quantitative estimate of drug-likeness (QED) is 0.808. The van der Waals surface area contributed by atoms with Crippen LogP contribution >= 0.6 is 11.6 Å². The lowest BCUT2D eigenvalue weighted by atomic mass is 10.1. The van der Waals surface area contributed by atoms with Crippen LogP contribution in [0, 0.1) is 0 Å². The van der Waals surface area contributed by atoms with Gasteiger partial charge in [0.25, 0.3) is 5.91 Å². The summed E-state index contributed by atoms with van der Waals surface area (Å²) in [4.78, 5) is 15.8. The van der Waals surface area contributed by atoms with Gasteiger partial charge in [0.15, 0.2) is 5.82 Å². The molecule has 3 rings (SSSR count). The van der Waals surface area contributed by atoms with Gasteiger partial charge in [-0.1, -0.05) is 41.9 Å². The van der Waals surface area contributed by atoms with E-state index in [1.54, 1.807) is 24.4 Å². The molecule has 2 N–H and O–H groups in total. The third-order valence-electron chi connectivity index (χ3n) is 2.97. The summed E-state index contributed by atoms with van der Waals surface area (Å²) in [6, 6.07) is 14.5. The van der Waals surface area contributed by atoms with Crippen LogP contribution < -0.4 is 5.73 Å². The van der Waals surface area contributed by atoms with Crippen molar-refractivity contribution in [1.82, 2.24) is 14.8 Å². The second-order valence-electron chi connectivity index (χ2n) is 4.37. The predicted octanol–water partition coefficient (Wildman–Crippen LogP) is 2.69. The minimum Gasteiger partial charge on any atom is -0.364 e. The first-order valence-electron chi connectivity index (χ1n) is 6.23. The van der Waals surface area contributed by atoms with Crippen molar-refractivity contribution in [2.45, 2.75) is 0 Å². The number of pyridine rings is 1. The van der Waals surface area contributed by atoms with Crippen molar-refractivity contribution < 1.29 is 4.79 Å². The molecule has 3 aromatic rings. The smallest absolute Gasteiger partial charge is 0.267 e. The van der Waals surface area contributed by atoms with Gasteiger partial charge in [-0.3, -0.25) is 4.79 Å². The van der Waals surface area contributed by atoms with Gasteiger partial charge >= 0.3 is 0 Å². The zero-order valence-electron chi connectivity index (χ0n) is 10.9. The fourth-order valence-electron chi connectivity index (χ4n) is 2.00. The molecule has 0 saturated carbocycles. The molecule has 0 aliphatic carbocycles. The first-order valence-corrected chi connectivity index (χ1v) is 6.61. The highest BCUT2D eigenvalue weighted by Crippen LogP contribution is 2.23. The summed E-state index contributed by atoms with van der Waals surface area (Å²) in [5.74, 6) is -0.221. The number of aromatic nitrogens is 3. The molecule has 2 heterocycles. The van der Waals surface area contributed by atoms with E-state index < -0.39 is 5.91 Å². The maximum Gasteiger partial charge on any atom is 0.267 e. The second kappa shape index (κ2) is 5.38. The van der Waals surface area contributed by atoms with E-state index in [1.807, 2.05) is 30.3 Å². The molecule has 0 unspecified atom stereocenters. The Labute approximate surface area is 126 Å². The molecular weight excluding hydrogens is 288 g/mol. The SMILES string of the molecule is NC(=O)c1cc(-c2ccccc2)nn1-c1ncccc1Cl. The lowest BCUT2D eigenvalue weighted by Crippen LogP contribution is -2.17. The van der Waals surface area contributed by atoms with Gasteiger partial charge in [-0.05, 0) is 18.2 Å². The minimum absolute atomic E-state index is 0.231. The molecule has 1 amide bonds. The number of amides is 1. The van der Waals surface area contributed by atoms with Gasteiger partial charge in [-0.2, -0.15) is 5.10 Å². The fourth-order valence-corrected chi connectivity index (χ4v) is 2.20. The highest BCUT2D eigenvalue weighted by Gasteiger charge is 2.17. The van der Waals surface area contributed by atoms with Crippen molar-refractivity contribution in [2.24, 2.45) is 5.73 Å². The molecule has 0 radical (unpaired) electrons. The van der Waals surface area contributed by atoms with E-state index in [-0.39, 0.29) is 5.69 Å². The van der Waals surface area contributed by atoms with Crippen LogP contribution in [-0.4, -0.2) is 20.7 Å². The molecule has 0 saturated heterocycles. The molecule has 0 aliphatic heterocycles. The molecule has 0 atom stereocenters. The van der Waals surface area contributed by atoms with E-state index in [0.717, 1.165) is 5.56 Å². The van der Waals surface area contributed by atoms with Gasteiger partial charge in [-0.15, -0.1) is 0 Å². The molecular formula is C15H11ClN4O. The van der Waals surface area contributed by atoms with Crippen molar-refractivity contribution in [3.8, 4) is 17.1 Å². The molecule has 104 valence electrons. The van der Waals surface area contributed by atoms with E-state index in [4.69, 9.17) is 17.3 Å². The Morgan fingerprint density at radius 3 is 2.57 bits per heavy atom. The number of nitrogens with zero attached hydrogens (tertiary/aromatic N) is 3. The number of benzene rings is 1. The Balaban J connectivity index is 2.19. The van der Waals surface area contributed by atoms with Crippen LogP contribution in [-0.2, 0) is 0 Å². The molecule has 21 heavy (non-hydrogen) atoms. The van der Waals surface area contributed by atoms with Crippen LogP contribution in [0.3, 0.4) is 0 Å². The Hall–Kier alpha value is -2.66. The van der Waals surface area contributed by atoms with Gasteiger partial charge in [-0.25, -0.2) is 9.67 Å². The minimum atomic E-state index is -0.591. The van der Waals surface area contributed by atoms with Gasteiger partial charge in [0.1, 0.15) is 5.69 Å². The highest BCUT2D eigenvalue weighted by atomic mass is 35.5. The van der Waals surface area contributed by atoms with Crippen LogP contribution in [0.1, 0.15) is 10.5 Å². The fraction of sp³-hybridized carbons (Fsp3) is 0. The summed E-state index contributed by atoms with van der Waals surface area (Å²) in [7, 11) is 0. The number of carbonyl (C=O) groups excluding carboxylic acids is 1. The Bertz CT molecular complexity index is 798. The van der Waals surface area contributed by atoms with Gasteiger partial charge < -0.3 is 5.73 Å². The van der Waals surface area contributed by atoms with E-state index in [2.05, 4.69) is 10.1 Å². The summed E-state index contributed by atoms with van der Waals surface area (Å²) in [5, 5.41) is 4.79. The summed E-state index contributed by atoms with van der Waals surface area (Å²) < 4.78 is 1.37.